The van der Waals surface area contributed by atoms with Crippen molar-refractivity contribution in [3.63, 3.8) is 0 Å². The van der Waals surface area contributed by atoms with Gasteiger partial charge >= 0.3 is 5.97 Å². The predicted molar refractivity (Wildman–Crippen MR) is 71.8 cm³/mol. The molecule has 1 rings (SSSR count). The van der Waals surface area contributed by atoms with Crippen LogP contribution in [0.1, 0.15) is 38.2 Å². The largest absolute Gasteiger partial charge is 0.494 e. The number of benzene rings is 1. The fourth-order valence-corrected chi connectivity index (χ4v) is 1.70. The van der Waals surface area contributed by atoms with Gasteiger partial charge in [0.15, 0.2) is 0 Å². The molecule has 0 unspecified atom stereocenters. The molecule has 0 fully saturated rings. The van der Waals surface area contributed by atoms with Gasteiger partial charge in [-0.15, -0.1) is 0 Å². The topological polar surface area (TPSA) is 35.5 Å². The van der Waals surface area contributed by atoms with E-state index in [2.05, 4.69) is 23.8 Å². The molecule has 18 heavy (non-hydrogen) atoms. The summed E-state index contributed by atoms with van der Waals surface area (Å²) in [6.07, 6.45) is 4.41. The molecule has 0 aliphatic heterocycles. The van der Waals surface area contributed by atoms with E-state index in [1.807, 2.05) is 12.1 Å². The third-order valence-corrected chi connectivity index (χ3v) is 2.73. The molecule has 0 heterocycles. The van der Waals surface area contributed by atoms with Gasteiger partial charge in [0.05, 0.1) is 13.7 Å². The van der Waals surface area contributed by atoms with E-state index in [9.17, 15) is 4.79 Å². The Labute approximate surface area is 109 Å². The van der Waals surface area contributed by atoms with E-state index in [0.29, 0.717) is 13.0 Å². The smallest absolute Gasteiger partial charge is 0.305 e. The zero-order chi connectivity index (χ0) is 13.2. The van der Waals surface area contributed by atoms with Gasteiger partial charge in [0.2, 0.25) is 0 Å². The number of aryl methyl sites for hydroxylation is 1. The van der Waals surface area contributed by atoms with Gasteiger partial charge < -0.3 is 9.47 Å². The highest BCUT2D eigenvalue weighted by Crippen LogP contribution is 2.13. The first kappa shape index (κ1) is 14.6. The van der Waals surface area contributed by atoms with E-state index in [0.717, 1.165) is 31.4 Å². The molecule has 0 aromatic heterocycles. The fourth-order valence-electron chi connectivity index (χ4n) is 1.70. The molecule has 100 valence electrons. The van der Waals surface area contributed by atoms with E-state index in [4.69, 9.17) is 4.74 Å². The van der Waals surface area contributed by atoms with Crippen molar-refractivity contribution >= 4 is 5.97 Å². The minimum absolute atomic E-state index is 0.154. The Morgan fingerprint density at radius 3 is 2.50 bits per heavy atom. The quantitative estimate of drug-likeness (QED) is 0.524. The monoisotopic (exact) mass is 250 g/mol. The summed E-state index contributed by atoms with van der Waals surface area (Å²) in [5, 5.41) is 0. The second kappa shape index (κ2) is 8.56. The molecule has 0 atom stereocenters. The molecule has 0 radical (unpaired) electrons. The van der Waals surface area contributed by atoms with Gasteiger partial charge in [0.25, 0.3) is 0 Å². The van der Waals surface area contributed by atoms with Crippen LogP contribution in [-0.2, 0) is 16.0 Å². The minimum atomic E-state index is -0.154. The van der Waals surface area contributed by atoms with Crippen LogP contribution < -0.4 is 4.74 Å². The Hall–Kier alpha value is -1.51. The summed E-state index contributed by atoms with van der Waals surface area (Å²) in [6.45, 7) is 2.82. The normalized spacial score (nSPS) is 10.1. The number of hydrogen-bond donors (Lipinski definition) is 0. The molecule has 0 aliphatic carbocycles. The number of ether oxygens (including phenoxy) is 2. The van der Waals surface area contributed by atoms with Crippen LogP contribution in [0.4, 0.5) is 0 Å². The van der Waals surface area contributed by atoms with Crippen LogP contribution in [0.3, 0.4) is 0 Å². The highest BCUT2D eigenvalue weighted by Gasteiger charge is 2.00. The molecular weight excluding hydrogens is 228 g/mol. The second-order valence-electron chi connectivity index (χ2n) is 4.28. The lowest BCUT2D eigenvalue weighted by Crippen LogP contribution is -2.02. The summed E-state index contributed by atoms with van der Waals surface area (Å²) < 4.78 is 10.2. The van der Waals surface area contributed by atoms with Crippen LogP contribution in [-0.4, -0.2) is 19.7 Å². The third kappa shape index (κ3) is 5.71. The van der Waals surface area contributed by atoms with Crippen molar-refractivity contribution in [3.8, 4) is 5.75 Å². The maximum atomic E-state index is 10.9. The third-order valence-electron chi connectivity index (χ3n) is 2.73. The van der Waals surface area contributed by atoms with Gasteiger partial charge in [0.1, 0.15) is 5.75 Å². The summed E-state index contributed by atoms with van der Waals surface area (Å²) in [5.74, 6) is 0.742. The van der Waals surface area contributed by atoms with Gasteiger partial charge in [0, 0.05) is 6.42 Å². The molecule has 1 aromatic carbocycles. The van der Waals surface area contributed by atoms with Crippen molar-refractivity contribution in [2.24, 2.45) is 0 Å². The number of carbonyl (C=O) groups excluding carboxylic acids is 1. The SMILES string of the molecule is CCCc1ccc(OCCCCC(=O)OC)cc1. The van der Waals surface area contributed by atoms with Gasteiger partial charge in [-0.1, -0.05) is 25.5 Å². The van der Waals surface area contributed by atoms with Crippen LogP contribution in [0.25, 0.3) is 0 Å². The maximum Gasteiger partial charge on any atom is 0.305 e. The molecule has 0 spiro atoms. The molecule has 0 N–H and O–H groups in total. The molecule has 3 heteroatoms. The van der Waals surface area contributed by atoms with E-state index >= 15 is 0 Å². The van der Waals surface area contributed by atoms with Crippen molar-refractivity contribution in [1.29, 1.82) is 0 Å². The second-order valence-corrected chi connectivity index (χ2v) is 4.28. The van der Waals surface area contributed by atoms with E-state index < -0.39 is 0 Å². The first-order valence-electron chi connectivity index (χ1n) is 6.54. The van der Waals surface area contributed by atoms with Gasteiger partial charge in [-0.3, -0.25) is 4.79 Å². The number of esters is 1. The van der Waals surface area contributed by atoms with Crippen LogP contribution >= 0.6 is 0 Å². The Morgan fingerprint density at radius 1 is 1.17 bits per heavy atom. The lowest BCUT2D eigenvalue weighted by molar-refractivity contribution is -0.140. The highest BCUT2D eigenvalue weighted by atomic mass is 16.5. The van der Waals surface area contributed by atoms with Crippen LogP contribution in [0.5, 0.6) is 5.75 Å². The fraction of sp³-hybridized carbons (Fsp3) is 0.533. The van der Waals surface area contributed by atoms with Crippen molar-refractivity contribution < 1.29 is 14.3 Å². The molecule has 0 aliphatic rings. The predicted octanol–water partition coefficient (Wildman–Crippen LogP) is 3.36. The lowest BCUT2D eigenvalue weighted by Gasteiger charge is -2.06. The molecule has 3 nitrogen and oxygen atoms in total. The van der Waals surface area contributed by atoms with Crippen LogP contribution in [0.15, 0.2) is 24.3 Å². The molecule has 1 aromatic rings. The Kier molecular flexibility index (Phi) is 6.92. The van der Waals surface area contributed by atoms with Gasteiger partial charge in [-0.2, -0.15) is 0 Å². The summed E-state index contributed by atoms with van der Waals surface area (Å²) >= 11 is 0. The number of carbonyl (C=O) groups is 1. The molecule has 0 saturated heterocycles. The van der Waals surface area contributed by atoms with Gasteiger partial charge in [-0.05, 0) is 37.0 Å². The lowest BCUT2D eigenvalue weighted by atomic mass is 10.1. The highest BCUT2D eigenvalue weighted by molar-refractivity contribution is 5.68. The average Bonchev–Trinajstić information content (AvgIpc) is 2.40. The van der Waals surface area contributed by atoms with Crippen LogP contribution in [0.2, 0.25) is 0 Å². The summed E-state index contributed by atoms with van der Waals surface area (Å²) in [5.41, 5.74) is 1.34. The summed E-state index contributed by atoms with van der Waals surface area (Å²) in [7, 11) is 1.41. The van der Waals surface area contributed by atoms with Crippen LogP contribution in [0, 0.1) is 0 Å². The van der Waals surface area contributed by atoms with Gasteiger partial charge in [-0.25, -0.2) is 0 Å². The standard InChI is InChI=1S/C15H22O3/c1-3-6-13-8-10-14(11-9-13)18-12-5-4-7-15(16)17-2/h8-11H,3-7,12H2,1-2H3. The van der Waals surface area contributed by atoms with Crippen molar-refractivity contribution in [2.75, 3.05) is 13.7 Å². The zero-order valence-electron chi connectivity index (χ0n) is 11.3. The summed E-state index contributed by atoms with van der Waals surface area (Å²) in [6, 6.07) is 8.22. The summed E-state index contributed by atoms with van der Waals surface area (Å²) in [4.78, 5) is 10.9. The van der Waals surface area contributed by atoms with E-state index in [-0.39, 0.29) is 5.97 Å². The minimum Gasteiger partial charge on any atom is -0.494 e. The Morgan fingerprint density at radius 2 is 1.89 bits per heavy atom. The molecule has 0 bridgehead atoms. The number of hydrogen-bond acceptors (Lipinski definition) is 3. The average molecular weight is 250 g/mol. The Bertz CT molecular complexity index is 343. The molecule has 0 saturated carbocycles. The van der Waals surface area contributed by atoms with E-state index in [1.165, 1.54) is 12.7 Å². The Balaban J connectivity index is 2.17. The van der Waals surface area contributed by atoms with E-state index in [1.54, 1.807) is 0 Å². The van der Waals surface area contributed by atoms with Crippen molar-refractivity contribution in [2.45, 2.75) is 39.0 Å². The number of rotatable bonds is 8. The first-order chi connectivity index (χ1) is 8.76. The number of methoxy groups -OCH3 is 1. The number of unbranched alkanes of at least 4 members (excludes halogenated alkanes) is 1. The maximum absolute atomic E-state index is 10.9. The van der Waals surface area contributed by atoms with Crippen molar-refractivity contribution in [3.05, 3.63) is 29.8 Å². The molecule has 0 amide bonds. The molecular formula is C15H22O3. The zero-order valence-corrected chi connectivity index (χ0v) is 11.3. The van der Waals surface area contributed by atoms with Crippen molar-refractivity contribution in [1.82, 2.24) is 0 Å². The first-order valence-corrected chi connectivity index (χ1v) is 6.54.